The number of carbonyl (C=O) groups excluding carboxylic acids is 2. The Morgan fingerprint density at radius 2 is 1.49 bits per heavy atom. The van der Waals surface area contributed by atoms with Gasteiger partial charge in [0.15, 0.2) is 0 Å². The fourth-order valence-electron chi connectivity index (χ4n) is 3.43. The molecule has 0 saturated carbocycles. The van der Waals surface area contributed by atoms with Crippen LogP contribution in [-0.2, 0) is 16.1 Å². The van der Waals surface area contributed by atoms with Crippen LogP contribution in [0.4, 0.5) is 4.79 Å². The van der Waals surface area contributed by atoms with Crippen molar-refractivity contribution in [2.45, 2.75) is 38.5 Å². The van der Waals surface area contributed by atoms with Crippen LogP contribution in [-0.4, -0.2) is 24.6 Å². The number of hydrogen-bond donors (Lipinski definition) is 3. The molecule has 0 unspecified atom stereocenters. The van der Waals surface area contributed by atoms with Gasteiger partial charge in [0.2, 0.25) is 5.91 Å². The summed E-state index contributed by atoms with van der Waals surface area (Å²) in [5, 5.41) is 5.98. The summed E-state index contributed by atoms with van der Waals surface area (Å²) in [6, 6.07) is 26.1. The number of benzene rings is 3. The minimum Gasteiger partial charge on any atom is -0.457 e. The van der Waals surface area contributed by atoms with Crippen LogP contribution < -0.4 is 21.1 Å². The van der Waals surface area contributed by atoms with Crippen molar-refractivity contribution in [3.63, 3.8) is 0 Å². The van der Waals surface area contributed by atoms with Crippen molar-refractivity contribution in [1.82, 2.24) is 10.6 Å². The monoisotopic (exact) mass is 497 g/mol. The maximum Gasteiger partial charge on any atom is 0.407 e. The van der Waals surface area contributed by atoms with Gasteiger partial charge in [-0.2, -0.15) is 0 Å². The highest BCUT2D eigenvalue weighted by atomic mass is 35.5. The summed E-state index contributed by atoms with van der Waals surface area (Å²) in [7, 11) is 0. The zero-order valence-corrected chi connectivity index (χ0v) is 20.5. The Morgan fingerprint density at radius 3 is 2.11 bits per heavy atom. The number of amides is 2. The van der Waals surface area contributed by atoms with E-state index in [1.54, 1.807) is 0 Å². The Hall–Kier alpha value is -3.55. The van der Waals surface area contributed by atoms with Gasteiger partial charge in [-0.3, -0.25) is 10.1 Å². The van der Waals surface area contributed by atoms with E-state index in [1.807, 2.05) is 91.9 Å². The molecule has 3 aromatic carbocycles. The maximum atomic E-state index is 11.9. The maximum absolute atomic E-state index is 11.9. The first-order valence-corrected chi connectivity index (χ1v) is 11.3. The van der Waals surface area contributed by atoms with Crippen molar-refractivity contribution in [2.75, 3.05) is 6.54 Å². The Morgan fingerprint density at radius 1 is 0.886 bits per heavy atom. The van der Waals surface area contributed by atoms with E-state index < -0.39 is 18.0 Å². The largest absolute Gasteiger partial charge is 0.457 e. The van der Waals surface area contributed by atoms with Gasteiger partial charge in [0.1, 0.15) is 18.1 Å². The summed E-state index contributed by atoms with van der Waals surface area (Å²) < 4.78 is 11.0. The fourth-order valence-corrected chi connectivity index (χ4v) is 3.43. The lowest BCUT2D eigenvalue weighted by Gasteiger charge is -2.21. The molecule has 8 heteroatoms. The smallest absolute Gasteiger partial charge is 0.407 e. The Kier molecular flexibility index (Phi) is 11.6. The number of ether oxygens (including phenoxy) is 2. The second-order valence-electron chi connectivity index (χ2n) is 7.96. The van der Waals surface area contributed by atoms with Crippen molar-refractivity contribution in [2.24, 2.45) is 5.73 Å². The van der Waals surface area contributed by atoms with E-state index in [-0.39, 0.29) is 25.1 Å². The van der Waals surface area contributed by atoms with E-state index in [9.17, 15) is 9.59 Å². The molecule has 0 aliphatic heterocycles. The van der Waals surface area contributed by atoms with E-state index in [0.29, 0.717) is 19.4 Å². The highest BCUT2D eigenvalue weighted by Crippen LogP contribution is 2.23. The van der Waals surface area contributed by atoms with Crippen molar-refractivity contribution >= 4 is 24.4 Å². The molecule has 0 aliphatic rings. The van der Waals surface area contributed by atoms with Crippen LogP contribution in [0.3, 0.4) is 0 Å². The molecule has 0 saturated heterocycles. The molecule has 0 heterocycles. The summed E-state index contributed by atoms with van der Waals surface area (Å²) in [5.41, 5.74) is 7.52. The third-order valence-electron chi connectivity index (χ3n) is 5.31. The second-order valence-corrected chi connectivity index (χ2v) is 7.96. The molecule has 0 spiro atoms. The molecule has 3 rings (SSSR count). The highest BCUT2D eigenvalue weighted by Gasteiger charge is 2.18. The summed E-state index contributed by atoms with van der Waals surface area (Å²) in [6.45, 7) is 2.58. The number of nitrogens with one attached hydrogen (secondary N) is 2. The minimum absolute atomic E-state index is 0. The first kappa shape index (κ1) is 27.7. The summed E-state index contributed by atoms with van der Waals surface area (Å²) >= 11 is 0. The third-order valence-corrected chi connectivity index (χ3v) is 5.31. The molecular weight excluding hydrogens is 466 g/mol. The molecule has 0 aromatic heterocycles. The number of alkyl carbamates (subject to hydrolysis) is 1. The predicted octanol–water partition coefficient (Wildman–Crippen LogP) is 5.11. The van der Waals surface area contributed by atoms with Crippen LogP contribution in [0.15, 0.2) is 84.9 Å². The number of primary amides is 1. The molecule has 0 fully saturated rings. The molecule has 0 aliphatic carbocycles. The lowest BCUT2D eigenvalue weighted by molar-refractivity contribution is -0.120. The van der Waals surface area contributed by atoms with E-state index in [1.165, 1.54) is 0 Å². The third kappa shape index (κ3) is 9.68. The standard InChI is InChI=1S/C27H31N3O4.ClH/c1-20(22-14-16-24(17-15-22)34-23-11-6-3-7-12-23)30-25(26(28)31)13-8-18-29-27(32)33-19-21-9-4-2-5-10-21;/h2-7,9-12,14-17,20,25,30H,8,13,18-19H2,1H3,(H2,28,31)(H,29,32);1H/t20-,25-;/m1./s1. The van der Waals surface area contributed by atoms with Gasteiger partial charge in [-0.15, -0.1) is 12.4 Å². The van der Waals surface area contributed by atoms with E-state index in [4.69, 9.17) is 15.2 Å². The van der Waals surface area contributed by atoms with Crippen molar-refractivity contribution in [1.29, 1.82) is 0 Å². The zero-order valence-electron chi connectivity index (χ0n) is 19.7. The van der Waals surface area contributed by atoms with Gasteiger partial charge in [-0.25, -0.2) is 4.79 Å². The van der Waals surface area contributed by atoms with E-state index in [2.05, 4.69) is 10.6 Å². The number of rotatable bonds is 12. The highest BCUT2D eigenvalue weighted by molar-refractivity contribution is 5.85. The Labute approximate surface area is 212 Å². The number of nitrogens with two attached hydrogens (primary N) is 1. The molecule has 4 N–H and O–H groups in total. The van der Waals surface area contributed by atoms with Crippen LogP contribution >= 0.6 is 12.4 Å². The molecule has 7 nitrogen and oxygen atoms in total. The molecule has 0 bridgehead atoms. The van der Waals surface area contributed by atoms with E-state index >= 15 is 0 Å². The molecule has 3 aromatic rings. The lowest BCUT2D eigenvalue weighted by atomic mass is 10.0. The first-order valence-electron chi connectivity index (χ1n) is 11.3. The van der Waals surface area contributed by atoms with E-state index in [0.717, 1.165) is 22.6 Å². The molecule has 186 valence electrons. The lowest BCUT2D eigenvalue weighted by Crippen LogP contribution is -2.43. The number of para-hydroxylation sites is 1. The average Bonchev–Trinajstić information content (AvgIpc) is 2.86. The first-order chi connectivity index (χ1) is 16.5. The van der Waals surface area contributed by atoms with Gasteiger partial charge in [0.25, 0.3) is 0 Å². The van der Waals surface area contributed by atoms with Gasteiger partial charge < -0.3 is 20.5 Å². The average molecular weight is 498 g/mol. The number of carbonyl (C=O) groups is 2. The van der Waals surface area contributed by atoms with Gasteiger partial charge in [-0.1, -0.05) is 60.7 Å². The molecule has 0 radical (unpaired) electrons. The van der Waals surface area contributed by atoms with Crippen LogP contribution in [0.1, 0.15) is 36.9 Å². The quantitative estimate of drug-likeness (QED) is 0.302. The fraction of sp³-hybridized carbons (Fsp3) is 0.259. The minimum atomic E-state index is -0.516. The molecule has 35 heavy (non-hydrogen) atoms. The van der Waals surface area contributed by atoms with Gasteiger partial charge in [0, 0.05) is 12.6 Å². The number of hydrogen-bond acceptors (Lipinski definition) is 5. The Bertz CT molecular complexity index is 1030. The normalized spacial score (nSPS) is 12.0. The molecular formula is C27H32ClN3O4. The van der Waals surface area contributed by atoms with Crippen molar-refractivity contribution in [3.05, 3.63) is 96.1 Å². The summed E-state index contributed by atoms with van der Waals surface area (Å²) in [4.78, 5) is 23.8. The molecule has 2 atom stereocenters. The second kappa shape index (κ2) is 14.7. The number of halogens is 1. The summed E-state index contributed by atoms with van der Waals surface area (Å²) in [5.74, 6) is 1.08. The summed E-state index contributed by atoms with van der Waals surface area (Å²) in [6.07, 6.45) is 0.587. The SMILES string of the molecule is C[C@@H](N[C@H](CCCNC(=O)OCc1ccccc1)C(N)=O)c1ccc(Oc2ccccc2)cc1.Cl. The van der Waals surface area contributed by atoms with Crippen LogP contribution in [0.2, 0.25) is 0 Å². The predicted molar refractivity (Wildman–Crippen MR) is 139 cm³/mol. The zero-order chi connectivity index (χ0) is 24.2. The molecule has 2 amide bonds. The van der Waals surface area contributed by atoms with Gasteiger partial charge in [0.05, 0.1) is 6.04 Å². The topological polar surface area (TPSA) is 103 Å². The van der Waals surface area contributed by atoms with Crippen molar-refractivity contribution in [3.8, 4) is 11.5 Å². The van der Waals surface area contributed by atoms with Crippen LogP contribution in [0.25, 0.3) is 0 Å². The Balaban J connectivity index is 0.00000432. The van der Waals surface area contributed by atoms with Crippen LogP contribution in [0.5, 0.6) is 11.5 Å². The van der Waals surface area contributed by atoms with Gasteiger partial charge >= 0.3 is 6.09 Å². The van der Waals surface area contributed by atoms with Crippen LogP contribution in [0, 0.1) is 0 Å². The van der Waals surface area contributed by atoms with Gasteiger partial charge in [-0.05, 0) is 55.2 Å². The van der Waals surface area contributed by atoms with Crippen molar-refractivity contribution < 1.29 is 19.1 Å².